The lowest BCUT2D eigenvalue weighted by Crippen LogP contribution is -2.46. The van der Waals surface area contributed by atoms with E-state index in [9.17, 15) is 8.42 Å². The van der Waals surface area contributed by atoms with Gasteiger partial charge in [0.05, 0.1) is 21.0 Å². The van der Waals surface area contributed by atoms with Crippen molar-refractivity contribution in [2.45, 2.75) is 68.7 Å². The predicted octanol–water partition coefficient (Wildman–Crippen LogP) is 4.53. The number of rotatable bonds is 7. The summed E-state index contributed by atoms with van der Waals surface area (Å²) in [5.74, 6) is 0.664. The average Bonchev–Trinajstić information content (AvgIpc) is 3.58. The number of nitrogens with one attached hydrogen (secondary N) is 1. The minimum absolute atomic E-state index is 0.117. The minimum atomic E-state index is -3.06. The molecule has 1 saturated heterocycles. The highest BCUT2D eigenvalue weighted by atomic mass is 35.5. The number of anilines is 1. The second kappa shape index (κ2) is 9.53. The molecular formula is C22H33Cl2N3O2S. The van der Waals surface area contributed by atoms with Gasteiger partial charge in [-0.05, 0) is 76.5 Å². The first kappa shape index (κ1) is 22.7. The van der Waals surface area contributed by atoms with E-state index in [0.717, 1.165) is 76.7 Å². The molecule has 30 heavy (non-hydrogen) atoms. The van der Waals surface area contributed by atoms with Crippen LogP contribution >= 0.6 is 23.2 Å². The second-order valence-electron chi connectivity index (χ2n) is 9.31. The molecule has 1 aromatic carbocycles. The monoisotopic (exact) mass is 473 g/mol. The van der Waals surface area contributed by atoms with Gasteiger partial charge in [0.2, 0.25) is 10.0 Å². The highest BCUT2D eigenvalue weighted by molar-refractivity contribution is 7.90. The van der Waals surface area contributed by atoms with Crippen molar-refractivity contribution in [1.82, 2.24) is 9.62 Å². The Morgan fingerprint density at radius 3 is 2.33 bits per heavy atom. The molecule has 1 aromatic rings. The van der Waals surface area contributed by atoms with Gasteiger partial charge in [0, 0.05) is 31.7 Å². The van der Waals surface area contributed by atoms with E-state index in [4.69, 9.17) is 23.2 Å². The Labute approximate surface area is 191 Å². The lowest BCUT2D eigenvalue weighted by atomic mass is 9.85. The van der Waals surface area contributed by atoms with Crippen molar-refractivity contribution in [3.8, 4) is 0 Å². The lowest BCUT2D eigenvalue weighted by Gasteiger charge is -2.40. The van der Waals surface area contributed by atoms with E-state index in [1.54, 1.807) is 0 Å². The zero-order valence-corrected chi connectivity index (χ0v) is 20.0. The SMILES string of the molecule is CN(CC1CCC(NS(=O)(=O)C2CC2)CC1)C1CCN(c2cccc(Cl)c2Cl)CC1. The molecule has 4 rings (SSSR count). The molecule has 0 bridgehead atoms. The van der Waals surface area contributed by atoms with Gasteiger partial charge in [0.1, 0.15) is 0 Å². The summed E-state index contributed by atoms with van der Waals surface area (Å²) in [6, 6.07) is 6.57. The van der Waals surface area contributed by atoms with Crippen molar-refractivity contribution in [1.29, 1.82) is 0 Å². The fourth-order valence-corrected chi connectivity index (χ4v) is 7.07. The Balaban J connectivity index is 1.21. The first-order valence-electron chi connectivity index (χ1n) is 11.2. The smallest absolute Gasteiger partial charge is 0.214 e. The third-order valence-electron chi connectivity index (χ3n) is 7.05. The molecule has 1 N–H and O–H groups in total. The van der Waals surface area contributed by atoms with Crippen LogP contribution in [0.2, 0.25) is 10.0 Å². The van der Waals surface area contributed by atoms with Crippen molar-refractivity contribution in [3.63, 3.8) is 0 Å². The van der Waals surface area contributed by atoms with Gasteiger partial charge in [-0.1, -0.05) is 29.3 Å². The maximum Gasteiger partial charge on any atom is 0.214 e. The molecule has 0 aromatic heterocycles. The molecule has 0 radical (unpaired) electrons. The normalized spacial score (nSPS) is 26.3. The summed E-state index contributed by atoms with van der Waals surface area (Å²) in [6.45, 7) is 3.08. The lowest BCUT2D eigenvalue weighted by molar-refractivity contribution is 0.156. The van der Waals surface area contributed by atoms with Crippen molar-refractivity contribution in [3.05, 3.63) is 28.2 Å². The molecule has 2 saturated carbocycles. The van der Waals surface area contributed by atoms with E-state index in [1.807, 2.05) is 18.2 Å². The number of piperidine rings is 1. The second-order valence-corrected chi connectivity index (χ2v) is 12.1. The molecule has 3 fully saturated rings. The highest BCUT2D eigenvalue weighted by Gasteiger charge is 2.37. The van der Waals surface area contributed by atoms with Gasteiger partial charge < -0.3 is 9.80 Å². The van der Waals surface area contributed by atoms with E-state index in [1.165, 1.54) is 0 Å². The van der Waals surface area contributed by atoms with Crippen LogP contribution in [0.25, 0.3) is 0 Å². The van der Waals surface area contributed by atoms with Crippen molar-refractivity contribution in [2.24, 2.45) is 5.92 Å². The number of halogens is 2. The largest absolute Gasteiger partial charge is 0.370 e. The van der Waals surface area contributed by atoms with Crippen molar-refractivity contribution in [2.75, 3.05) is 31.6 Å². The molecule has 0 amide bonds. The third kappa shape index (κ3) is 5.44. The molecule has 1 aliphatic heterocycles. The van der Waals surface area contributed by atoms with E-state index < -0.39 is 10.0 Å². The van der Waals surface area contributed by atoms with Crippen molar-refractivity contribution < 1.29 is 8.42 Å². The summed E-state index contributed by atoms with van der Waals surface area (Å²) >= 11 is 12.6. The Morgan fingerprint density at radius 1 is 1.03 bits per heavy atom. The zero-order chi connectivity index (χ0) is 21.3. The zero-order valence-electron chi connectivity index (χ0n) is 17.7. The van der Waals surface area contributed by atoms with Crippen LogP contribution < -0.4 is 9.62 Å². The number of nitrogens with zero attached hydrogens (tertiary/aromatic N) is 2. The van der Waals surface area contributed by atoms with Gasteiger partial charge in [-0.2, -0.15) is 0 Å². The summed E-state index contributed by atoms with van der Waals surface area (Å²) in [5, 5.41) is 1.15. The van der Waals surface area contributed by atoms with Gasteiger partial charge in [-0.3, -0.25) is 0 Å². The molecule has 5 nitrogen and oxygen atoms in total. The van der Waals surface area contributed by atoms with Crippen LogP contribution in [0.15, 0.2) is 18.2 Å². The number of benzene rings is 1. The summed E-state index contributed by atoms with van der Waals surface area (Å²) in [4.78, 5) is 4.87. The molecule has 0 unspecified atom stereocenters. The maximum absolute atomic E-state index is 12.2. The molecular weight excluding hydrogens is 441 g/mol. The molecule has 3 aliphatic rings. The van der Waals surface area contributed by atoms with Gasteiger partial charge in [0.25, 0.3) is 0 Å². The summed E-state index contributed by atoms with van der Waals surface area (Å²) in [5.41, 5.74) is 1.04. The molecule has 1 heterocycles. The van der Waals surface area contributed by atoms with Gasteiger partial charge in [0.15, 0.2) is 0 Å². The summed E-state index contributed by atoms with van der Waals surface area (Å²) in [7, 11) is -0.816. The Hall–Kier alpha value is -0.530. The van der Waals surface area contributed by atoms with Crippen LogP contribution in [0.5, 0.6) is 0 Å². The van der Waals surface area contributed by atoms with Crippen LogP contribution in [-0.2, 0) is 10.0 Å². The molecule has 0 spiro atoms. The van der Waals surface area contributed by atoms with E-state index in [-0.39, 0.29) is 11.3 Å². The van der Waals surface area contributed by atoms with E-state index in [0.29, 0.717) is 22.0 Å². The highest BCUT2D eigenvalue weighted by Crippen LogP contribution is 2.35. The Morgan fingerprint density at radius 2 is 1.70 bits per heavy atom. The number of hydrogen-bond donors (Lipinski definition) is 1. The van der Waals surface area contributed by atoms with Crippen LogP contribution in [0.1, 0.15) is 51.4 Å². The third-order valence-corrected chi connectivity index (χ3v) is 9.87. The fraction of sp³-hybridized carbons (Fsp3) is 0.727. The van der Waals surface area contributed by atoms with Crippen LogP contribution in [0.4, 0.5) is 5.69 Å². The quantitative estimate of drug-likeness (QED) is 0.631. The molecule has 168 valence electrons. The van der Waals surface area contributed by atoms with Gasteiger partial charge in [-0.25, -0.2) is 13.1 Å². The van der Waals surface area contributed by atoms with Gasteiger partial charge in [-0.15, -0.1) is 0 Å². The standard InChI is InChI=1S/C22H33Cl2N3O2S/c1-26(15-16-5-7-17(8-6-16)25-30(28,29)19-9-10-19)18-11-13-27(14-12-18)21-4-2-3-20(23)22(21)24/h2-4,16-19,25H,5-15H2,1H3. The Kier molecular flexibility index (Phi) is 7.20. The Bertz CT molecular complexity index is 831. The minimum Gasteiger partial charge on any atom is -0.370 e. The fourth-order valence-electron chi connectivity index (χ4n) is 5.01. The first-order valence-corrected chi connectivity index (χ1v) is 13.5. The van der Waals surface area contributed by atoms with Crippen LogP contribution in [0, 0.1) is 5.92 Å². The van der Waals surface area contributed by atoms with Crippen LogP contribution in [0.3, 0.4) is 0 Å². The predicted molar refractivity (Wildman–Crippen MR) is 125 cm³/mol. The molecule has 2 aliphatic carbocycles. The van der Waals surface area contributed by atoms with E-state index in [2.05, 4.69) is 21.6 Å². The topological polar surface area (TPSA) is 52.7 Å². The molecule has 8 heteroatoms. The maximum atomic E-state index is 12.2. The summed E-state index contributed by atoms with van der Waals surface area (Å²) in [6.07, 6.45) is 8.06. The average molecular weight is 474 g/mol. The molecule has 0 atom stereocenters. The van der Waals surface area contributed by atoms with Gasteiger partial charge >= 0.3 is 0 Å². The summed E-state index contributed by atoms with van der Waals surface area (Å²) < 4.78 is 27.3. The number of hydrogen-bond acceptors (Lipinski definition) is 4. The van der Waals surface area contributed by atoms with Crippen LogP contribution in [-0.4, -0.2) is 57.3 Å². The number of sulfonamides is 1. The van der Waals surface area contributed by atoms with E-state index >= 15 is 0 Å². The van der Waals surface area contributed by atoms with Crippen molar-refractivity contribution >= 4 is 38.9 Å². The first-order chi connectivity index (χ1) is 14.3.